The zero-order valence-corrected chi connectivity index (χ0v) is 10.3. The Kier molecular flexibility index (Phi) is 3.81. The molecule has 90 valence electrons. The smallest absolute Gasteiger partial charge is 0.160 e. The van der Waals surface area contributed by atoms with E-state index in [1.165, 1.54) is 5.56 Å². The fraction of sp³-hybridized carbons (Fsp3) is 0.357. The molecule has 0 bridgehead atoms. The Labute approximate surface area is 102 Å². The van der Waals surface area contributed by atoms with Crippen molar-refractivity contribution < 1.29 is 4.74 Å². The van der Waals surface area contributed by atoms with Crippen LogP contribution in [0.1, 0.15) is 25.1 Å². The third-order valence-corrected chi connectivity index (χ3v) is 2.55. The van der Waals surface area contributed by atoms with Crippen LogP contribution >= 0.6 is 0 Å². The molecule has 0 atom stereocenters. The second-order valence-electron chi connectivity index (χ2n) is 4.37. The van der Waals surface area contributed by atoms with Gasteiger partial charge in [0, 0.05) is 0 Å². The zero-order chi connectivity index (χ0) is 12.1. The molecule has 0 aliphatic carbocycles. The Balaban J connectivity index is 1.97. The average Bonchev–Trinajstić information content (AvgIpc) is 2.74. The van der Waals surface area contributed by atoms with Crippen LogP contribution in [0.25, 0.3) is 0 Å². The van der Waals surface area contributed by atoms with Crippen LogP contribution in [0.4, 0.5) is 0 Å². The summed E-state index contributed by atoms with van der Waals surface area (Å²) >= 11 is 0. The van der Waals surface area contributed by atoms with Gasteiger partial charge in [-0.1, -0.05) is 30.3 Å². The number of H-pyrrole nitrogens is 1. The van der Waals surface area contributed by atoms with Crippen molar-refractivity contribution in [2.45, 2.75) is 32.8 Å². The summed E-state index contributed by atoms with van der Waals surface area (Å²) in [5, 5.41) is 7.04. The minimum Gasteiger partial charge on any atom is -0.487 e. The van der Waals surface area contributed by atoms with Crippen molar-refractivity contribution >= 4 is 0 Å². The summed E-state index contributed by atoms with van der Waals surface area (Å²) in [6.45, 7) is 4.04. The lowest BCUT2D eigenvalue weighted by molar-refractivity contribution is 0.240. The highest BCUT2D eigenvalue weighted by atomic mass is 16.5. The van der Waals surface area contributed by atoms with Gasteiger partial charge in [0.2, 0.25) is 0 Å². The van der Waals surface area contributed by atoms with Gasteiger partial charge in [0.05, 0.1) is 18.0 Å². The lowest BCUT2D eigenvalue weighted by Gasteiger charge is -2.09. The SMILES string of the molecule is CC(C)Oc1cn[nH]c1CCc1ccccc1. The maximum Gasteiger partial charge on any atom is 0.160 e. The monoisotopic (exact) mass is 230 g/mol. The van der Waals surface area contributed by atoms with Crippen LogP contribution in [0.3, 0.4) is 0 Å². The van der Waals surface area contributed by atoms with Gasteiger partial charge in [-0.3, -0.25) is 5.10 Å². The maximum absolute atomic E-state index is 5.68. The first-order valence-electron chi connectivity index (χ1n) is 5.98. The molecule has 0 fully saturated rings. The fourth-order valence-electron chi connectivity index (χ4n) is 1.75. The van der Waals surface area contributed by atoms with E-state index in [0.29, 0.717) is 0 Å². The molecule has 0 radical (unpaired) electrons. The molecule has 1 heterocycles. The molecule has 0 unspecified atom stereocenters. The molecule has 2 aromatic rings. The Morgan fingerprint density at radius 2 is 1.94 bits per heavy atom. The second-order valence-corrected chi connectivity index (χ2v) is 4.37. The zero-order valence-electron chi connectivity index (χ0n) is 10.3. The van der Waals surface area contributed by atoms with Gasteiger partial charge in [-0.2, -0.15) is 5.10 Å². The third kappa shape index (κ3) is 3.34. The molecule has 1 N–H and O–H groups in total. The topological polar surface area (TPSA) is 37.9 Å². The van der Waals surface area contributed by atoms with Crippen molar-refractivity contribution in [1.82, 2.24) is 10.2 Å². The lowest BCUT2D eigenvalue weighted by Crippen LogP contribution is -2.07. The van der Waals surface area contributed by atoms with Crippen LogP contribution in [0, 0.1) is 0 Å². The number of nitrogens with one attached hydrogen (secondary N) is 1. The first kappa shape index (κ1) is 11.7. The van der Waals surface area contributed by atoms with Gasteiger partial charge in [-0.05, 0) is 32.3 Å². The predicted octanol–water partition coefficient (Wildman–Crippen LogP) is 2.98. The largest absolute Gasteiger partial charge is 0.487 e. The van der Waals surface area contributed by atoms with Gasteiger partial charge in [-0.25, -0.2) is 0 Å². The maximum atomic E-state index is 5.68. The molecule has 2 rings (SSSR count). The van der Waals surface area contributed by atoms with Gasteiger partial charge in [0.15, 0.2) is 5.75 Å². The summed E-state index contributed by atoms with van der Waals surface area (Å²) in [6, 6.07) is 10.4. The molecule has 0 aliphatic rings. The summed E-state index contributed by atoms with van der Waals surface area (Å²) in [5.41, 5.74) is 2.40. The number of ether oxygens (including phenoxy) is 1. The highest BCUT2D eigenvalue weighted by Gasteiger charge is 2.07. The van der Waals surface area contributed by atoms with Crippen molar-refractivity contribution in [2.75, 3.05) is 0 Å². The van der Waals surface area contributed by atoms with E-state index in [1.807, 2.05) is 19.9 Å². The first-order chi connectivity index (χ1) is 8.25. The Hall–Kier alpha value is -1.77. The number of aromatic nitrogens is 2. The summed E-state index contributed by atoms with van der Waals surface area (Å²) in [5.74, 6) is 0.871. The molecule has 0 amide bonds. The summed E-state index contributed by atoms with van der Waals surface area (Å²) in [7, 11) is 0. The van der Waals surface area contributed by atoms with Crippen LogP contribution in [-0.2, 0) is 12.8 Å². The van der Waals surface area contributed by atoms with Gasteiger partial charge in [0.25, 0.3) is 0 Å². The Bertz CT molecular complexity index is 448. The minimum atomic E-state index is 0.183. The molecule has 0 aliphatic heterocycles. The molecular weight excluding hydrogens is 212 g/mol. The van der Waals surface area contributed by atoms with E-state index in [0.717, 1.165) is 24.3 Å². The van der Waals surface area contributed by atoms with Gasteiger partial charge < -0.3 is 4.74 Å². The summed E-state index contributed by atoms with van der Waals surface area (Å²) in [4.78, 5) is 0. The van der Waals surface area contributed by atoms with E-state index in [4.69, 9.17) is 4.74 Å². The number of aromatic amines is 1. The van der Waals surface area contributed by atoms with Gasteiger partial charge in [-0.15, -0.1) is 0 Å². The number of rotatable bonds is 5. The highest BCUT2D eigenvalue weighted by Crippen LogP contribution is 2.18. The molecule has 1 aromatic heterocycles. The number of nitrogens with zero attached hydrogens (tertiary/aromatic N) is 1. The van der Waals surface area contributed by atoms with Gasteiger partial charge >= 0.3 is 0 Å². The Morgan fingerprint density at radius 3 is 2.65 bits per heavy atom. The molecular formula is C14H18N2O. The summed E-state index contributed by atoms with van der Waals surface area (Å²) in [6.07, 6.45) is 3.85. The van der Waals surface area contributed by atoms with Crippen LogP contribution in [0.5, 0.6) is 5.75 Å². The minimum absolute atomic E-state index is 0.183. The van der Waals surface area contributed by atoms with E-state index in [-0.39, 0.29) is 6.10 Å². The van der Waals surface area contributed by atoms with E-state index in [1.54, 1.807) is 6.20 Å². The quantitative estimate of drug-likeness (QED) is 0.857. The Morgan fingerprint density at radius 1 is 1.18 bits per heavy atom. The normalized spacial score (nSPS) is 10.8. The third-order valence-electron chi connectivity index (χ3n) is 2.55. The van der Waals surface area contributed by atoms with Crippen molar-refractivity contribution in [3.8, 4) is 5.75 Å². The predicted molar refractivity (Wildman–Crippen MR) is 68.2 cm³/mol. The molecule has 3 heteroatoms. The van der Waals surface area contributed by atoms with Crippen LogP contribution in [0.15, 0.2) is 36.5 Å². The highest BCUT2D eigenvalue weighted by molar-refractivity contribution is 5.26. The number of benzene rings is 1. The van der Waals surface area contributed by atoms with E-state index < -0.39 is 0 Å². The molecule has 1 aromatic carbocycles. The summed E-state index contributed by atoms with van der Waals surface area (Å²) < 4.78 is 5.68. The van der Waals surface area contributed by atoms with Crippen molar-refractivity contribution in [2.24, 2.45) is 0 Å². The van der Waals surface area contributed by atoms with Crippen molar-refractivity contribution in [3.63, 3.8) is 0 Å². The van der Waals surface area contributed by atoms with Crippen molar-refractivity contribution in [1.29, 1.82) is 0 Å². The number of aryl methyl sites for hydroxylation is 2. The van der Waals surface area contributed by atoms with E-state index in [9.17, 15) is 0 Å². The molecule has 17 heavy (non-hydrogen) atoms. The van der Waals surface area contributed by atoms with Crippen LogP contribution in [0.2, 0.25) is 0 Å². The molecule has 0 saturated heterocycles. The second kappa shape index (κ2) is 5.53. The van der Waals surface area contributed by atoms with Crippen LogP contribution in [-0.4, -0.2) is 16.3 Å². The van der Waals surface area contributed by atoms with E-state index >= 15 is 0 Å². The van der Waals surface area contributed by atoms with Crippen LogP contribution < -0.4 is 4.74 Å². The lowest BCUT2D eigenvalue weighted by atomic mass is 10.1. The number of hydrogen-bond acceptors (Lipinski definition) is 2. The van der Waals surface area contributed by atoms with E-state index in [2.05, 4.69) is 34.5 Å². The number of hydrogen-bond donors (Lipinski definition) is 1. The molecule has 0 spiro atoms. The molecule has 0 saturated carbocycles. The van der Waals surface area contributed by atoms with Gasteiger partial charge in [0.1, 0.15) is 0 Å². The average molecular weight is 230 g/mol. The standard InChI is InChI=1S/C14H18N2O/c1-11(2)17-14-10-15-16-13(14)9-8-12-6-4-3-5-7-12/h3-7,10-11H,8-9H2,1-2H3,(H,15,16). The first-order valence-corrected chi connectivity index (χ1v) is 5.98. The molecule has 3 nitrogen and oxygen atoms in total. The van der Waals surface area contributed by atoms with Crippen molar-refractivity contribution in [3.05, 3.63) is 47.8 Å². The fourth-order valence-corrected chi connectivity index (χ4v) is 1.75.